The predicted octanol–water partition coefficient (Wildman–Crippen LogP) is 2.36. The minimum atomic E-state index is -3.59. The Morgan fingerprint density at radius 2 is 2.00 bits per heavy atom. The average molecular weight is 284 g/mol. The monoisotopic (exact) mass is 283 g/mol. The molecule has 0 aromatic heterocycles. The first-order valence-corrected chi connectivity index (χ1v) is 7.00. The van der Waals surface area contributed by atoms with Gasteiger partial charge in [-0.05, 0) is 12.0 Å². The minimum Gasteiger partial charge on any atom is -0.258 e. The van der Waals surface area contributed by atoms with Crippen LogP contribution in [-0.4, -0.2) is 19.1 Å². The zero-order valence-corrected chi connectivity index (χ0v) is 10.2. The largest absolute Gasteiger partial charge is 0.270 e. The molecule has 0 aliphatic heterocycles. The van der Waals surface area contributed by atoms with Crippen LogP contribution in [0.5, 0.6) is 0 Å². The maximum atomic E-state index is 10.7. The first-order valence-electron chi connectivity index (χ1n) is 4.15. The summed E-state index contributed by atoms with van der Waals surface area (Å²) in [5.41, 5.74) is 0.374. The van der Waals surface area contributed by atoms with Crippen LogP contribution in [0, 0.1) is 10.1 Å². The highest BCUT2D eigenvalue weighted by Gasteiger charge is 2.12. The lowest BCUT2D eigenvalue weighted by Gasteiger charge is -2.02. The van der Waals surface area contributed by atoms with E-state index in [-0.39, 0.29) is 22.9 Å². The fraction of sp³-hybridized carbons (Fsp3) is 0.250. The molecule has 0 amide bonds. The summed E-state index contributed by atoms with van der Waals surface area (Å²) < 4.78 is 21.4. The van der Waals surface area contributed by atoms with Gasteiger partial charge in [0, 0.05) is 22.8 Å². The highest BCUT2D eigenvalue weighted by Crippen LogP contribution is 2.23. The molecule has 1 aromatic carbocycles. The summed E-state index contributed by atoms with van der Waals surface area (Å²) in [5.74, 6) is -0.258. The molecular weight excluding hydrogens is 277 g/mol. The van der Waals surface area contributed by atoms with Crippen LogP contribution in [0.1, 0.15) is 5.56 Å². The number of halogens is 2. The van der Waals surface area contributed by atoms with Gasteiger partial charge in [0.25, 0.3) is 5.69 Å². The second-order valence-electron chi connectivity index (χ2n) is 3.03. The molecule has 5 nitrogen and oxygen atoms in total. The van der Waals surface area contributed by atoms with E-state index in [0.29, 0.717) is 5.56 Å². The topological polar surface area (TPSA) is 77.3 Å². The second kappa shape index (κ2) is 4.99. The Bertz CT molecular complexity index is 515. The van der Waals surface area contributed by atoms with Gasteiger partial charge in [-0.2, -0.15) is 0 Å². The van der Waals surface area contributed by atoms with Crippen molar-refractivity contribution in [1.29, 1.82) is 0 Å². The molecule has 0 bridgehead atoms. The number of hydrogen-bond donors (Lipinski definition) is 0. The maximum absolute atomic E-state index is 10.7. The molecule has 0 heterocycles. The standard InChI is InChI=1S/C8H7Cl2NO4S/c9-8-5-7(11(12)13)2-1-6(8)3-4-16(10,14)15/h1-2,5H,3-4H2. The van der Waals surface area contributed by atoms with E-state index in [0.717, 1.165) is 0 Å². The molecule has 1 rings (SSSR count). The number of nitro benzene ring substituents is 1. The number of non-ortho nitro benzene ring substituents is 1. The van der Waals surface area contributed by atoms with Gasteiger partial charge in [-0.1, -0.05) is 17.7 Å². The Balaban J connectivity index is 2.88. The summed E-state index contributed by atoms with van der Waals surface area (Å²) in [4.78, 5) is 9.84. The first-order chi connectivity index (χ1) is 7.29. The third kappa shape index (κ3) is 3.96. The highest BCUT2D eigenvalue weighted by molar-refractivity contribution is 8.13. The van der Waals surface area contributed by atoms with E-state index < -0.39 is 14.0 Å². The number of rotatable bonds is 4. The molecule has 8 heteroatoms. The Labute approximate surface area is 102 Å². The highest BCUT2D eigenvalue weighted by atomic mass is 35.7. The Kier molecular flexibility index (Phi) is 4.12. The molecule has 0 N–H and O–H groups in total. The van der Waals surface area contributed by atoms with Crippen molar-refractivity contribution in [3.05, 3.63) is 38.9 Å². The molecule has 88 valence electrons. The normalized spacial score (nSPS) is 11.4. The summed E-state index contributed by atoms with van der Waals surface area (Å²) in [6.07, 6.45) is 0.128. The van der Waals surface area contributed by atoms with Crippen LogP contribution in [0.25, 0.3) is 0 Å². The van der Waals surface area contributed by atoms with Crippen LogP contribution in [0.2, 0.25) is 5.02 Å². The maximum Gasteiger partial charge on any atom is 0.270 e. The molecule has 0 aliphatic rings. The van der Waals surface area contributed by atoms with Gasteiger partial charge in [0.2, 0.25) is 9.05 Å². The molecule has 0 saturated carbocycles. The molecular formula is C8H7Cl2NO4S. The van der Waals surface area contributed by atoms with Crippen LogP contribution in [0.3, 0.4) is 0 Å². The Morgan fingerprint density at radius 1 is 1.38 bits per heavy atom. The third-order valence-electron chi connectivity index (χ3n) is 1.86. The van der Waals surface area contributed by atoms with Gasteiger partial charge in [0.1, 0.15) is 0 Å². The van der Waals surface area contributed by atoms with E-state index in [4.69, 9.17) is 22.3 Å². The fourth-order valence-electron chi connectivity index (χ4n) is 1.08. The molecule has 0 saturated heterocycles. The van der Waals surface area contributed by atoms with Crippen molar-refractivity contribution in [3.63, 3.8) is 0 Å². The lowest BCUT2D eigenvalue weighted by molar-refractivity contribution is -0.384. The molecule has 0 fully saturated rings. The van der Waals surface area contributed by atoms with Crippen molar-refractivity contribution >= 4 is 37.0 Å². The van der Waals surface area contributed by atoms with E-state index in [9.17, 15) is 18.5 Å². The molecule has 16 heavy (non-hydrogen) atoms. The summed E-state index contributed by atoms with van der Waals surface area (Å²) in [5, 5.41) is 10.6. The molecule has 0 aliphatic carbocycles. The van der Waals surface area contributed by atoms with Crippen molar-refractivity contribution in [2.45, 2.75) is 6.42 Å². The lowest BCUT2D eigenvalue weighted by Crippen LogP contribution is -2.01. The molecule has 0 atom stereocenters. The molecule has 0 radical (unpaired) electrons. The SMILES string of the molecule is O=[N+]([O-])c1ccc(CCS(=O)(=O)Cl)c(Cl)c1. The summed E-state index contributed by atoms with van der Waals surface area (Å²) in [7, 11) is 1.45. The fourth-order valence-corrected chi connectivity index (χ4v) is 2.05. The number of hydrogen-bond acceptors (Lipinski definition) is 4. The van der Waals surface area contributed by atoms with E-state index in [1.807, 2.05) is 0 Å². The van der Waals surface area contributed by atoms with Crippen molar-refractivity contribution in [2.24, 2.45) is 0 Å². The van der Waals surface area contributed by atoms with Gasteiger partial charge in [-0.25, -0.2) is 8.42 Å². The number of nitro groups is 1. The molecule has 0 spiro atoms. The predicted molar refractivity (Wildman–Crippen MR) is 61.5 cm³/mol. The summed E-state index contributed by atoms with van der Waals surface area (Å²) in [6, 6.07) is 3.86. The van der Waals surface area contributed by atoms with Gasteiger partial charge < -0.3 is 0 Å². The van der Waals surface area contributed by atoms with Crippen LogP contribution in [-0.2, 0) is 15.5 Å². The van der Waals surface area contributed by atoms with Crippen LogP contribution in [0.4, 0.5) is 5.69 Å². The van der Waals surface area contributed by atoms with Crippen molar-refractivity contribution < 1.29 is 13.3 Å². The zero-order valence-electron chi connectivity index (χ0n) is 7.89. The van der Waals surface area contributed by atoms with Crippen LogP contribution in [0.15, 0.2) is 18.2 Å². The van der Waals surface area contributed by atoms with Crippen LogP contribution < -0.4 is 0 Å². The second-order valence-corrected chi connectivity index (χ2v) is 6.33. The van der Waals surface area contributed by atoms with Crippen molar-refractivity contribution in [2.75, 3.05) is 5.75 Å². The third-order valence-corrected chi connectivity index (χ3v) is 3.37. The molecule has 1 aromatic rings. The van der Waals surface area contributed by atoms with E-state index in [1.54, 1.807) is 0 Å². The smallest absolute Gasteiger partial charge is 0.258 e. The van der Waals surface area contributed by atoms with E-state index >= 15 is 0 Å². The van der Waals surface area contributed by atoms with Gasteiger partial charge in [-0.15, -0.1) is 0 Å². The number of benzene rings is 1. The van der Waals surface area contributed by atoms with Gasteiger partial charge in [0.05, 0.1) is 15.7 Å². The number of aryl methyl sites for hydroxylation is 1. The first kappa shape index (κ1) is 13.2. The summed E-state index contributed by atoms with van der Waals surface area (Å²) >= 11 is 5.76. The summed E-state index contributed by atoms with van der Waals surface area (Å²) in [6.45, 7) is 0. The number of nitrogens with zero attached hydrogens (tertiary/aromatic N) is 1. The van der Waals surface area contributed by atoms with E-state index in [2.05, 4.69) is 0 Å². The lowest BCUT2D eigenvalue weighted by atomic mass is 10.1. The average Bonchev–Trinajstić information content (AvgIpc) is 2.14. The van der Waals surface area contributed by atoms with Gasteiger partial charge in [0.15, 0.2) is 0 Å². The molecule has 0 unspecified atom stereocenters. The van der Waals surface area contributed by atoms with Crippen molar-refractivity contribution in [1.82, 2.24) is 0 Å². The van der Waals surface area contributed by atoms with Gasteiger partial charge in [-0.3, -0.25) is 10.1 Å². The van der Waals surface area contributed by atoms with Gasteiger partial charge >= 0.3 is 0 Å². The quantitative estimate of drug-likeness (QED) is 0.483. The van der Waals surface area contributed by atoms with Crippen molar-refractivity contribution in [3.8, 4) is 0 Å². The van der Waals surface area contributed by atoms with E-state index in [1.165, 1.54) is 18.2 Å². The Morgan fingerprint density at radius 3 is 2.44 bits per heavy atom. The Hall–Kier alpha value is -0.850. The van der Waals surface area contributed by atoms with Crippen LogP contribution >= 0.6 is 22.3 Å². The minimum absolute atomic E-state index is 0.128. The zero-order chi connectivity index (χ0) is 12.3.